The molecular weight excluding hydrogens is 362 g/mol. The Morgan fingerprint density at radius 2 is 1.96 bits per heavy atom. The molecule has 0 saturated carbocycles. The van der Waals surface area contributed by atoms with Crippen LogP contribution in [0.1, 0.15) is 11.1 Å². The van der Waals surface area contributed by atoms with Crippen molar-refractivity contribution in [2.75, 3.05) is 6.61 Å². The highest BCUT2D eigenvalue weighted by Crippen LogP contribution is 2.22. The van der Waals surface area contributed by atoms with E-state index in [1.165, 1.54) is 0 Å². The number of ether oxygens (including phenoxy) is 1. The van der Waals surface area contributed by atoms with E-state index < -0.39 is 0 Å². The van der Waals surface area contributed by atoms with E-state index in [0.29, 0.717) is 6.61 Å². The Hall–Kier alpha value is -3.12. The summed E-state index contributed by atoms with van der Waals surface area (Å²) in [6.45, 7) is 3.25. The molecule has 4 rings (SSSR count). The first-order valence-corrected chi connectivity index (χ1v) is 8.94. The fourth-order valence-electron chi connectivity index (χ4n) is 2.92. The Balaban J connectivity index is 1.52. The third-order valence-corrected chi connectivity index (χ3v) is 4.71. The lowest BCUT2D eigenvalue weighted by atomic mass is 10.2. The first-order chi connectivity index (χ1) is 13.2. The number of hydrogen-bond acceptors (Lipinski definition) is 4. The van der Waals surface area contributed by atoms with Crippen molar-refractivity contribution in [3.8, 4) is 5.75 Å². The average Bonchev–Trinajstić information content (AvgIpc) is 3.31. The minimum absolute atomic E-state index is 0.557. The molecule has 0 amide bonds. The van der Waals surface area contributed by atoms with Crippen molar-refractivity contribution in [1.82, 2.24) is 19.4 Å². The van der Waals surface area contributed by atoms with Gasteiger partial charge in [-0.3, -0.25) is 0 Å². The monoisotopic (exact) mass is 379 g/mol. The highest BCUT2D eigenvalue weighted by molar-refractivity contribution is 6.31. The molecule has 27 heavy (non-hydrogen) atoms. The van der Waals surface area contributed by atoms with Gasteiger partial charge in [0.05, 0.1) is 12.8 Å². The number of aryl methyl sites for hydroxylation is 1. The first-order valence-electron chi connectivity index (χ1n) is 8.56. The van der Waals surface area contributed by atoms with Crippen LogP contribution in [0.15, 0.2) is 66.4 Å². The minimum Gasteiger partial charge on any atom is -0.492 e. The summed E-state index contributed by atoms with van der Waals surface area (Å²) in [6.07, 6.45) is 7.00. The van der Waals surface area contributed by atoms with Crippen molar-refractivity contribution >= 4 is 28.7 Å². The summed E-state index contributed by atoms with van der Waals surface area (Å²) in [5.74, 6) is 0.822. The average molecular weight is 380 g/mol. The van der Waals surface area contributed by atoms with Crippen molar-refractivity contribution in [1.29, 1.82) is 0 Å². The molecule has 2 aromatic heterocycles. The second-order valence-electron chi connectivity index (χ2n) is 6.14. The zero-order valence-electron chi connectivity index (χ0n) is 14.8. The van der Waals surface area contributed by atoms with Gasteiger partial charge >= 0.3 is 0 Å². The van der Waals surface area contributed by atoms with Crippen LogP contribution in [0.3, 0.4) is 0 Å². The normalized spacial score (nSPS) is 11.5. The maximum absolute atomic E-state index is 6.06. The van der Waals surface area contributed by atoms with E-state index in [4.69, 9.17) is 16.3 Å². The first kappa shape index (κ1) is 17.3. The molecular formula is C20H18ClN5O. The number of rotatable bonds is 6. The van der Waals surface area contributed by atoms with Gasteiger partial charge in [0.25, 0.3) is 0 Å². The van der Waals surface area contributed by atoms with E-state index in [1.54, 1.807) is 17.3 Å². The number of aromatic nitrogens is 4. The molecule has 0 aliphatic carbocycles. The van der Waals surface area contributed by atoms with Gasteiger partial charge in [-0.25, -0.2) is 4.68 Å². The van der Waals surface area contributed by atoms with Gasteiger partial charge in [0.15, 0.2) is 0 Å². The molecule has 0 spiro atoms. The van der Waals surface area contributed by atoms with Crippen molar-refractivity contribution in [3.63, 3.8) is 0 Å². The largest absolute Gasteiger partial charge is 0.492 e. The summed E-state index contributed by atoms with van der Waals surface area (Å²) < 4.78 is 9.63. The van der Waals surface area contributed by atoms with Crippen LogP contribution in [-0.4, -0.2) is 32.3 Å². The number of nitrogens with zero attached hydrogens (tertiary/aromatic N) is 5. The van der Waals surface area contributed by atoms with E-state index in [2.05, 4.69) is 38.2 Å². The fourth-order valence-corrected chi connectivity index (χ4v) is 3.03. The van der Waals surface area contributed by atoms with Gasteiger partial charge in [-0.1, -0.05) is 29.8 Å². The van der Waals surface area contributed by atoms with E-state index in [9.17, 15) is 0 Å². The second kappa shape index (κ2) is 7.63. The van der Waals surface area contributed by atoms with Gasteiger partial charge in [-0.15, -0.1) is 10.2 Å². The van der Waals surface area contributed by atoms with E-state index in [-0.39, 0.29) is 0 Å². The highest BCUT2D eigenvalue weighted by atomic mass is 35.5. The molecule has 0 atom stereocenters. The van der Waals surface area contributed by atoms with Crippen LogP contribution in [0.2, 0.25) is 5.02 Å². The van der Waals surface area contributed by atoms with Crippen LogP contribution in [0.5, 0.6) is 5.75 Å². The molecule has 0 bridgehead atoms. The van der Waals surface area contributed by atoms with Crippen molar-refractivity contribution in [2.45, 2.75) is 13.5 Å². The van der Waals surface area contributed by atoms with Gasteiger partial charge in [-0.2, -0.15) is 5.10 Å². The van der Waals surface area contributed by atoms with Crippen LogP contribution >= 0.6 is 11.6 Å². The van der Waals surface area contributed by atoms with E-state index in [0.717, 1.165) is 39.3 Å². The fraction of sp³-hybridized carbons (Fsp3) is 0.150. The molecule has 7 heteroatoms. The van der Waals surface area contributed by atoms with Crippen LogP contribution in [0, 0.1) is 6.92 Å². The van der Waals surface area contributed by atoms with Gasteiger partial charge in [-0.05, 0) is 36.8 Å². The third kappa shape index (κ3) is 3.85. The Labute approximate surface area is 161 Å². The van der Waals surface area contributed by atoms with Crippen LogP contribution in [0.4, 0.5) is 0 Å². The predicted molar refractivity (Wildman–Crippen MR) is 107 cm³/mol. The molecule has 0 aliphatic rings. The molecule has 0 aliphatic heterocycles. The lowest BCUT2D eigenvalue weighted by Crippen LogP contribution is -2.07. The Bertz CT molecular complexity index is 1090. The van der Waals surface area contributed by atoms with Gasteiger partial charge in [0, 0.05) is 27.7 Å². The van der Waals surface area contributed by atoms with E-state index in [1.807, 2.05) is 43.5 Å². The zero-order valence-corrected chi connectivity index (χ0v) is 15.5. The molecule has 4 aromatic rings. The van der Waals surface area contributed by atoms with Crippen LogP contribution in [0.25, 0.3) is 10.9 Å². The molecule has 2 heterocycles. The van der Waals surface area contributed by atoms with Gasteiger partial charge in [0.1, 0.15) is 25.0 Å². The van der Waals surface area contributed by atoms with Gasteiger partial charge in [0.2, 0.25) is 0 Å². The van der Waals surface area contributed by atoms with Crippen molar-refractivity contribution < 1.29 is 4.74 Å². The number of fused-ring (bicyclic) bond motifs is 1. The minimum atomic E-state index is 0.557. The second-order valence-corrected chi connectivity index (χ2v) is 6.55. The highest BCUT2D eigenvalue weighted by Gasteiger charge is 2.07. The standard InChI is InChI=1S/C20H18ClN5O/c1-15-10-17(6-7-19(15)21)27-9-8-25-12-16(11-24-26-13-22-23-14-26)18-4-2-3-5-20(18)25/h2-7,10-14H,8-9H2,1H3/b24-11-. The number of para-hydroxylation sites is 1. The molecule has 6 nitrogen and oxygen atoms in total. The smallest absolute Gasteiger partial charge is 0.141 e. The predicted octanol–water partition coefficient (Wildman–Crippen LogP) is 4.16. The molecule has 0 fully saturated rings. The quantitative estimate of drug-likeness (QED) is 0.473. The van der Waals surface area contributed by atoms with Crippen LogP contribution < -0.4 is 4.74 Å². The Morgan fingerprint density at radius 1 is 1.15 bits per heavy atom. The third-order valence-electron chi connectivity index (χ3n) is 4.29. The van der Waals surface area contributed by atoms with Gasteiger partial charge < -0.3 is 9.30 Å². The Kier molecular flexibility index (Phi) is 4.89. The molecule has 2 aromatic carbocycles. The molecule has 0 unspecified atom stereocenters. The maximum Gasteiger partial charge on any atom is 0.141 e. The summed E-state index contributed by atoms with van der Waals surface area (Å²) in [7, 11) is 0. The van der Waals surface area contributed by atoms with Crippen molar-refractivity contribution in [2.24, 2.45) is 5.10 Å². The molecule has 0 radical (unpaired) electrons. The Morgan fingerprint density at radius 3 is 2.78 bits per heavy atom. The molecule has 0 N–H and O–H groups in total. The molecule has 136 valence electrons. The summed E-state index contributed by atoms with van der Waals surface area (Å²) >= 11 is 6.06. The maximum atomic E-state index is 6.06. The molecule has 0 saturated heterocycles. The van der Waals surface area contributed by atoms with Crippen LogP contribution in [-0.2, 0) is 6.54 Å². The number of benzene rings is 2. The summed E-state index contributed by atoms with van der Waals surface area (Å²) in [4.78, 5) is 0. The lowest BCUT2D eigenvalue weighted by molar-refractivity contribution is 0.300. The topological polar surface area (TPSA) is 57.2 Å². The van der Waals surface area contributed by atoms with Crippen molar-refractivity contribution in [3.05, 3.63) is 77.5 Å². The lowest BCUT2D eigenvalue weighted by Gasteiger charge is -2.09. The van der Waals surface area contributed by atoms with E-state index >= 15 is 0 Å². The SMILES string of the molecule is Cc1cc(OCCn2cc(/C=N\n3cnnc3)c3ccccc32)ccc1Cl. The number of hydrogen-bond donors (Lipinski definition) is 0. The summed E-state index contributed by atoms with van der Waals surface area (Å²) in [5.41, 5.74) is 3.17. The summed E-state index contributed by atoms with van der Waals surface area (Å²) in [5, 5.41) is 13.7. The number of halogens is 1. The zero-order chi connectivity index (χ0) is 18.6. The summed E-state index contributed by atoms with van der Waals surface area (Å²) in [6, 6.07) is 13.9.